The highest BCUT2D eigenvalue weighted by atomic mass is 35.5. The first-order valence-electron chi connectivity index (χ1n) is 7.68. The molecular weight excluding hydrogens is 409 g/mol. The van der Waals surface area contributed by atoms with Gasteiger partial charge in [0.15, 0.2) is 16.5 Å². The summed E-state index contributed by atoms with van der Waals surface area (Å²) in [6.45, 7) is 0. The summed E-state index contributed by atoms with van der Waals surface area (Å²) in [5, 5.41) is 10.3. The van der Waals surface area contributed by atoms with Gasteiger partial charge in [0, 0.05) is 18.0 Å². The number of benzene rings is 1. The van der Waals surface area contributed by atoms with Crippen molar-refractivity contribution in [2.45, 2.75) is 0 Å². The molecule has 0 saturated carbocycles. The summed E-state index contributed by atoms with van der Waals surface area (Å²) in [6.07, 6.45) is 4.93. The van der Waals surface area contributed by atoms with E-state index in [4.69, 9.17) is 27.9 Å². The van der Waals surface area contributed by atoms with Crippen molar-refractivity contribution in [1.29, 1.82) is 0 Å². The molecule has 0 aliphatic carbocycles. The van der Waals surface area contributed by atoms with E-state index in [0.717, 1.165) is 5.56 Å². The van der Waals surface area contributed by atoms with Gasteiger partial charge in [0.2, 0.25) is 0 Å². The molecule has 0 radical (unpaired) electrons. The Balaban J connectivity index is 1.82. The fraction of sp³-hybridized carbons (Fsp3) is 0.0556. The number of halogens is 2. The Morgan fingerprint density at radius 3 is 2.81 bits per heavy atom. The molecule has 0 fully saturated rings. The topological polar surface area (TPSA) is 76.7 Å². The Morgan fingerprint density at radius 2 is 2.11 bits per heavy atom. The number of fused-ring (bicyclic) bond motifs is 1. The Hall–Kier alpha value is -2.61. The largest absolute Gasteiger partial charge is 0.503 e. The molecule has 9 heteroatoms. The maximum absolute atomic E-state index is 12.7. The highest BCUT2D eigenvalue weighted by Gasteiger charge is 2.12. The summed E-state index contributed by atoms with van der Waals surface area (Å²) in [4.78, 5) is 21.7. The van der Waals surface area contributed by atoms with E-state index in [1.807, 2.05) is 0 Å². The van der Waals surface area contributed by atoms with Gasteiger partial charge < -0.3 is 9.84 Å². The minimum atomic E-state index is -0.197. The van der Waals surface area contributed by atoms with Gasteiger partial charge in [-0.25, -0.2) is 9.97 Å². The van der Waals surface area contributed by atoms with Gasteiger partial charge in [-0.3, -0.25) is 9.20 Å². The number of imidazole rings is 1. The predicted octanol–water partition coefficient (Wildman–Crippen LogP) is 3.39. The molecule has 4 aromatic rings. The molecule has 0 bridgehead atoms. The molecule has 0 atom stereocenters. The minimum absolute atomic E-state index is 0.139. The van der Waals surface area contributed by atoms with Crippen molar-refractivity contribution in [3.05, 3.63) is 67.3 Å². The zero-order chi connectivity index (χ0) is 19.1. The van der Waals surface area contributed by atoms with Crippen LogP contribution in [0.1, 0.15) is 5.56 Å². The molecule has 0 aliphatic heterocycles. The lowest BCUT2D eigenvalue weighted by Crippen LogP contribution is -2.22. The van der Waals surface area contributed by atoms with Crippen LogP contribution in [0, 0.1) is 0 Å². The molecule has 1 N–H and O–H groups in total. The number of nitrogens with zero attached hydrogens (tertiary/aromatic N) is 3. The summed E-state index contributed by atoms with van der Waals surface area (Å²) in [5.74, 6) is 0.0969. The molecular formula is C18H11Cl2N3O3S. The van der Waals surface area contributed by atoms with Crippen LogP contribution in [0.5, 0.6) is 11.5 Å². The standard InChI is InChI=1S/C18H11Cl2N3O3S/c1-26-13-5-9(4-11(19)16(13)24)6-14-17(25)23-8-12(22-18(23)27-14)10-2-3-21-15(20)7-10/h2-8,24H,1H3/b14-6-. The first-order valence-corrected chi connectivity index (χ1v) is 9.25. The van der Waals surface area contributed by atoms with Crippen molar-refractivity contribution in [1.82, 2.24) is 14.4 Å². The number of aromatic nitrogens is 3. The predicted molar refractivity (Wildman–Crippen MR) is 106 cm³/mol. The van der Waals surface area contributed by atoms with E-state index >= 15 is 0 Å². The van der Waals surface area contributed by atoms with Crippen LogP contribution in [0.4, 0.5) is 0 Å². The third-order valence-electron chi connectivity index (χ3n) is 3.90. The van der Waals surface area contributed by atoms with E-state index in [-0.39, 0.29) is 22.1 Å². The van der Waals surface area contributed by atoms with Gasteiger partial charge in [-0.1, -0.05) is 34.5 Å². The average Bonchev–Trinajstić information content (AvgIpc) is 3.18. The molecule has 3 heterocycles. The third kappa shape index (κ3) is 3.25. The van der Waals surface area contributed by atoms with Gasteiger partial charge in [-0.15, -0.1) is 0 Å². The zero-order valence-corrected chi connectivity index (χ0v) is 16.1. The quantitative estimate of drug-likeness (QED) is 0.515. The number of phenols is 1. The van der Waals surface area contributed by atoms with Crippen molar-refractivity contribution in [3.8, 4) is 22.8 Å². The molecule has 6 nitrogen and oxygen atoms in total. The molecule has 0 amide bonds. The van der Waals surface area contributed by atoms with Crippen molar-refractivity contribution in [2.24, 2.45) is 0 Å². The summed E-state index contributed by atoms with van der Waals surface area (Å²) < 4.78 is 7.06. The Kier molecular flexibility index (Phi) is 4.51. The van der Waals surface area contributed by atoms with E-state index in [2.05, 4.69) is 9.97 Å². The van der Waals surface area contributed by atoms with E-state index in [0.29, 0.717) is 25.9 Å². The van der Waals surface area contributed by atoms with Gasteiger partial charge in [0.1, 0.15) is 5.15 Å². The van der Waals surface area contributed by atoms with Crippen LogP contribution < -0.4 is 14.8 Å². The van der Waals surface area contributed by atoms with Gasteiger partial charge in [0.25, 0.3) is 5.56 Å². The van der Waals surface area contributed by atoms with Crippen molar-refractivity contribution in [2.75, 3.05) is 7.11 Å². The lowest BCUT2D eigenvalue weighted by atomic mass is 10.2. The molecule has 27 heavy (non-hydrogen) atoms. The van der Waals surface area contributed by atoms with Crippen LogP contribution >= 0.6 is 34.5 Å². The molecule has 0 saturated heterocycles. The van der Waals surface area contributed by atoms with E-state index in [1.54, 1.807) is 42.7 Å². The van der Waals surface area contributed by atoms with Gasteiger partial charge in [-0.2, -0.15) is 0 Å². The Bertz CT molecular complexity index is 1280. The van der Waals surface area contributed by atoms with Crippen LogP contribution in [-0.2, 0) is 0 Å². The highest BCUT2D eigenvalue weighted by molar-refractivity contribution is 7.15. The number of ether oxygens (including phenoxy) is 1. The van der Waals surface area contributed by atoms with Crippen LogP contribution in [0.15, 0.2) is 41.5 Å². The van der Waals surface area contributed by atoms with Gasteiger partial charge in [-0.05, 0) is 35.9 Å². The smallest absolute Gasteiger partial charge is 0.274 e. The highest BCUT2D eigenvalue weighted by Crippen LogP contribution is 2.35. The fourth-order valence-corrected chi connectivity index (χ4v) is 3.97. The van der Waals surface area contributed by atoms with Crippen LogP contribution in [0.25, 0.3) is 22.3 Å². The van der Waals surface area contributed by atoms with Crippen LogP contribution in [0.2, 0.25) is 10.2 Å². The lowest BCUT2D eigenvalue weighted by Gasteiger charge is -2.05. The number of hydrogen-bond acceptors (Lipinski definition) is 6. The second-order valence-electron chi connectivity index (χ2n) is 5.62. The summed E-state index contributed by atoms with van der Waals surface area (Å²) in [6, 6.07) is 6.63. The maximum atomic E-state index is 12.7. The summed E-state index contributed by atoms with van der Waals surface area (Å²) in [7, 11) is 1.43. The second-order valence-corrected chi connectivity index (χ2v) is 7.42. The summed E-state index contributed by atoms with van der Waals surface area (Å²) in [5.41, 5.74) is 1.86. The third-order valence-corrected chi connectivity index (χ3v) is 5.37. The fourth-order valence-electron chi connectivity index (χ4n) is 2.62. The molecule has 0 unspecified atom stereocenters. The molecule has 1 aromatic carbocycles. The Morgan fingerprint density at radius 1 is 1.30 bits per heavy atom. The minimum Gasteiger partial charge on any atom is -0.503 e. The van der Waals surface area contributed by atoms with Crippen LogP contribution in [-0.4, -0.2) is 26.6 Å². The van der Waals surface area contributed by atoms with Gasteiger partial charge >= 0.3 is 0 Å². The number of aromatic hydroxyl groups is 1. The van der Waals surface area contributed by atoms with Crippen molar-refractivity contribution < 1.29 is 9.84 Å². The number of methoxy groups -OCH3 is 1. The first kappa shape index (κ1) is 17.8. The van der Waals surface area contributed by atoms with Crippen molar-refractivity contribution >= 4 is 45.6 Å². The zero-order valence-electron chi connectivity index (χ0n) is 13.8. The average molecular weight is 420 g/mol. The summed E-state index contributed by atoms with van der Waals surface area (Å²) >= 11 is 13.2. The number of rotatable bonds is 3. The number of hydrogen-bond donors (Lipinski definition) is 1. The molecule has 136 valence electrons. The van der Waals surface area contributed by atoms with E-state index < -0.39 is 0 Å². The first-order chi connectivity index (χ1) is 13.0. The normalized spacial score (nSPS) is 12.0. The molecule has 3 aromatic heterocycles. The number of pyridine rings is 1. The number of thiazole rings is 1. The lowest BCUT2D eigenvalue weighted by molar-refractivity contribution is 0.373. The SMILES string of the molecule is COc1cc(/C=c2\sc3nc(-c4ccnc(Cl)c4)cn3c2=O)cc(Cl)c1O. The van der Waals surface area contributed by atoms with E-state index in [9.17, 15) is 9.90 Å². The monoisotopic (exact) mass is 419 g/mol. The Labute approximate surface area is 166 Å². The van der Waals surface area contributed by atoms with Crippen molar-refractivity contribution in [3.63, 3.8) is 0 Å². The molecule has 4 rings (SSSR count). The molecule has 0 spiro atoms. The number of phenolic OH excluding ortho intramolecular Hbond substituents is 1. The second kappa shape index (κ2) is 6.84. The molecule has 0 aliphatic rings. The van der Waals surface area contributed by atoms with Crippen LogP contribution in [0.3, 0.4) is 0 Å². The van der Waals surface area contributed by atoms with Gasteiger partial charge in [0.05, 0.1) is 22.4 Å². The van der Waals surface area contributed by atoms with E-state index in [1.165, 1.54) is 22.8 Å². The maximum Gasteiger partial charge on any atom is 0.274 e.